The first-order valence-electron chi connectivity index (χ1n) is 6.78. The van der Waals surface area contributed by atoms with Gasteiger partial charge in [0.25, 0.3) is 5.91 Å². The van der Waals surface area contributed by atoms with Crippen molar-refractivity contribution in [3.63, 3.8) is 0 Å². The van der Waals surface area contributed by atoms with Gasteiger partial charge in [-0.15, -0.1) is 0 Å². The summed E-state index contributed by atoms with van der Waals surface area (Å²) in [7, 11) is 0. The van der Waals surface area contributed by atoms with Crippen LogP contribution in [0.15, 0.2) is 48.5 Å². The summed E-state index contributed by atoms with van der Waals surface area (Å²) in [5, 5.41) is 21.0. The SMILES string of the molecule is N#Cc1ccc(C(=O)N[C@@H](Cc2ccccc2Cl)C(=O)O)cc1. The summed E-state index contributed by atoms with van der Waals surface area (Å²) < 4.78 is 0. The maximum atomic E-state index is 12.1. The van der Waals surface area contributed by atoms with Crippen molar-refractivity contribution in [3.8, 4) is 6.07 Å². The standard InChI is InChI=1S/C17H13ClN2O3/c18-14-4-2-1-3-13(14)9-15(17(22)23)20-16(21)12-7-5-11(10-19)6-8-12/h1-8,15H,9H2,(H,20,21)(H,22,23)/t15-/m0/s1. The third-order valence-electron chi connectivity index (χ3n) is 3.26. The van der Waals surface area contributed by atoms with Gasteiger partial charge in [0.1, 0.15) is 6.04 Å². The summed E-state index contributed by atoms with van der Waals surface area (Å²) in [5.41, 5.74) is 1.35. The number of benzene rings is 2. The number of carbonyl (C=O) groups excluding carboxylic acids is 1. The Hall–Kier alpha value is -2.84. The van der Waals surface area contributed by atoms with Gasteiger partial charge in [0.05, 0.1) is 11.6 Å². The van der Waals surface area contributed by atoms with E-state index in [2.05, 4.69) is 5.32 Å². The van der Waals surface area contributed by atoms with Crippen LogP contribution in [-0.2, 0) is 11.2 Å². The van der Waals surface area contributed by atoms with Crippen LogP contribution in [0.5, 0.6) is 0 Å². The molecule has 2 rings (SSSR count). The number of halogens is 1. The number of carboxylic acids is 1. The molecule has 0 saturated heterocycles. The average Bonchev–Trinajstić information content (AvgIpc) is 2.56. The molecule has 5 nitrogen and oxygen atoms in total. The molecule has 0 radical (unpaired) electrons. The van der Waals surface area contributed by atoms with E-state index in [1.54, 1.807) is 24.3 Å². The Labute approximate surface area is 138 Å². The Kier molecular flexibility index (Phi) is 5.34. The Morgan fingerprint density at radius 1 is 1.17 bits per heavy atom. The van der Waals surface area contributed by atoms with Crippen LogP contribution in [0.25, 0.3) is 0 Å². The monoisotopic (exact) mass is 328 g/mol. The highest BCUT2D eigenvalue weighted by Crippen LogP contribution is 2.17. The van der Waals surface area contributed by atoms with Gasteiger partial charge in [-0.2, -0.15) is 5.26 Å². The van der Waals surface area contributed by atoms with Crippen LogP contribution in [0.1, 0.15) is 21.5 Å². The van der Waals surface area contributed by atoms with Crippen molar-refractivity contribution in [2.75, 3.05) is 0 Å². The van der Waals surface area contributed by atoms with Crippen molar-refractivity contribution in [1.29, 1.82) is 5.26 Å². The van der Waals surface area contributed by atoms with E-state index in [0.29, 0.717) is 16.1 Å². The van der Waals surface area contributed by atoms with Gasteiger partial charge in [-0.3, -0.25) is 4.79 Å². The molecule has 1 atom stereocenters. The van der Waals surface area contributed by atoms with Crippen LogP contribution >= 0.6 is 11.6 Å². The molecule has 1 amide bonds. The fourth-order valence-corrected chi connectivity index (χ4v) is 2.23. The minimum atomic E-state index is -1.15. The van der Waals surface area contributed by atoms with Gasteiger partial charge in [-0.25, -0.2) is 4.79 Å². The number of amides is 1. The maximum absolute atomic E-state index is 12.1. The Morgan fingerprint density at radius 3 is 2.39 bits per heavy atom. The molecule has 0 saturated carbocycles. The lowest BCUT2D eigenvalue weighted by molar-refractivity contribution is -0.139. The van der Waals surface area contributed by atoms with E-state index in [1.165, 1.54) is 24.3 Å². The zero-order valence-electron chi connectivity index (χ0n) is 12.0. The van der Waals surface area contributed by atoms with E-state index in [9.17, 15) is 14.7 Å². The Bertz CT molecular complexity index is 766. The van der Waals surface area contributed by atoms with E-state index in [4.69, 9.17) is 16.9 Å². The fourth-order valence-electron chi connectivity index (χ4n) is 2.02. The van der Waals surface area contributed by atoms with Crippen molar-refractivity contribution in [3.05, 3.63) is 70.2 Å². The summed E-state index contributed by atoms with van der Waals surface area (Å²) in [4.78, 5) is 23.5. The van der Waals surface area contributed by atoms with Crippen LogP contribution < -0.4 is 5.32 Å². The molecule has 0 heterocycles. The number of aliphatic carboxylic acids is 1. The molecule has 0 bridgehead atoms. The lowest BCUT2D eigenvalue weighted by atomic mass is 10.0. The first-order valence-corrected chi connectivity index (χ1v) is 7.16. The highest BCUT2D eigenvalue weighted by Gasteiger charge is 2.22. The average molecular weight is 329 g/mol. The summed E-state index contributed by atoms with van der Waals surface area (Å²) in [5.74, 6) is -1.67. The number of hydrogen-bond acceptors (Lipinski definition) is 3. The normalized spacial score (nSPS) is 11.3. The molecule has 0 unspecified atom stereocenters. The predicted molar refractivity (Wildman–Crippen MR) is 85.2 cm³/mol. The molecular formula is C17H13ClN2O3. The Morgan fingerprint density at radius 2 is 1.83 bits per heavy atom. The second kappa shape index (κ2) is 7.43. The van der Waals surface area contributed by atoms with E-state index in [-0.39, 0.29) is 12.0 Å². The van der Waals surface area contributed by atoms with Gasteiger partial charge in [0, 0.05) is 17.0 Å². The lowest BCUT2D eigenvalue weighted by Crippen LogP contribution is -2.42. The molecule has 0 spiro atoms. The zero-order chi connectivity index (χ0) is 16.8. The lowest BCUT2D eigenvalue weighted by Gasteiger charge is -2.15. The van der Waals surface area contributed by atoms with Crippen molar-refractivity contribution in [2.45, 2.75) is 12.5 Å². The maximum Gasteiger partial charge on any atom is 0.326 e. The molecule has 6 heteroatoms. The van der Waals surface area contributed by atoms with Crippen LogP contribution in [0.3, 0.4) is 0 Å². The van der Waals surface area contributed by atoms with Gasteiger partial charge >= 0.3 is 5.97 Å². The highest BCUT2D eigenvalue weighted by atomic mass is 35.5. The smallest absolute Gasteiger partial charge is 0.326 e. The summed E-state index contributed by atoms with van der Waals surface area (Å²) >= 11 is 6.02. The van der Waals surface area contributed by atoms with E-state index in [0.717, 1.165) is 0 Å². The largest absolute Gasteiger partial charge is 0.480 e. The van der Waals surface area contributed by atoms with E-state index >= 15 is 0 Å². The molecule has 0 aliphatic rings. The summed E-state index contributed by atoms with van der Waals surface area (Å²) in [6.07, 6.45) is 0.0804. The topological polar surface area (TPSA) is 90.2 Å². The number of nitrogens with one attached hydrogen (secondary N) is 1. The van der Waals surface area contributed by atoms with Crippen molar-refractivity contribution in [1.82, 2.24) is 5.32 Å². The van der Waals surface area contributed by atoms with Crippen LogP contribution in [0, 0.1) is 11.3 Å². The molecule has 23 heavy (non-hydrogen) atoms. The van der Waals surface area contributed by atoms with Gasteiger partial charge in [-0.05, 0) is 35.9 Å². The van der Waals surface area contributed by atoms with Crippen molar-refractivity contribution < 1.29 is 14.7 Å². The van der Waals surface area contributed by atoms with Gasteiger partial charge in [0.2, 0.25) is 0 Å². The minimum absolute atomic E-state index is 0.0804. The van der Waals surface area contributed by atoms with Crippen molar-refractivity contribution >= 4 is 23.5 Å². The molecule has 116 valence electrons. The van der Waals surface area contributed by atoms with Gasteiger partial charge < -0.3 is 10.4 Å². The van der Waals surface area contributed by atoms with Crippen LogP contribution in [0.2, 0.25) is 5.02 Å². The quantitative estimate of drug-likeness (QED) is 0.882. The molecule has 0 aromatic heterocycles. The molecule has 2 N–H and O–H groups in total. The fraction of sp³-hybridized carbons (Fsp3) is 0.118. The molecule has 0 fully saturated rings. The van der Waals surface area contributed by atoms with Gasteiger partial charge in [-0.1, -0.05) is 29.8 Å². The molecule has 2 aromatic rings. The number of carbonyl (C=O) groups is 2. The minimum Gasteiger partial charge on any atom is -0.480 e. The molecule has 0 aliphatic carbocycles. The van der Waals surface area contributed by atoms with E-state index < -0.39 is 17.9 Å². The van der Waals surface area contributed by atoms with Crippen molar-refractivity contribution in [2.24, 2.45) is 0 Å². The number of hydrogen-bond donors (Lipinski definition) is 2. The Balaban J connectivity index is 2.13. The van der Waals surface area contributed by atoms with Gasteiger partial charge in [0.15, 0.2) is 0 Å². The first-order chi connectivity index (χ1) is 11.0. The molecule has 2 aromatic carbocycles. The third kappa shape index (κ3) is 4.31. The van der Waals surface area contributed by atoms with Crippen LogP contribution in [-0.4, -0.2) is 23.0 Å². The summed E-state index contributed by atoms with van der Waals surface area (Å²) in [6, 6.07) is 13.7. The van der Waals surface area contributed by atoms with Crippen LogP contribution in [0.4, 0.5) is 0 Å². The molecular weight excluding hydrogens is 316 g/mol. The summed E-state index contributed by atoms with van der Waals surface area (Å²) in [6.45, 7) is 0. The number of nitrogens with zero attached hydrogens (tertiary/aromatic N) is 1. The number of carboxylic acid groups (broad SMARTS) is 1. The molecule has 0 aliphatic heterocycles. The van der Waals surface area contributed by atoms with E-state index in [1.807, 2.05) is 6.07 Å². The highest BCUT2D eigenvalue weighted by molar-refractivity contribution is 6.31. The predicted octanol–water partition coefficient (Wildman–Crippen LogP) is 2.64. The second-order valence-corrected chi connectivity index (χ2v) is 5.26. The zero-order valence-corrected chi connectivity index (χ0v) is 12.7. The first kappa shape index (κ1) is 16.5. The number of rotatable bonds is 5. The number of nitriles is 1. The second-order valence-electron chi connectivity index (χ2n) is 4.85. The third-order valence-corrected chi connectivity index (χ3v) is 3.63.